The third-order valence-corrected chi connectivity index (χ3v) is 3.97. The Hall–Kier alpha value is -1.51. The number of carbonyl (C=O) groups is 1. The van der Waals surface area contributed by atoms with Crippen LogP contribution in [0.3, 0.4) is 0 Å². The first-order valence-electron chi connectivity index (χ1n) is 6.71. The number of nitrogens with one attached hydrogen (secondary N) is 1. The Morgan fingerprint density at radius 2 is 1.81 bits per heavy atom. The molecule has 0 aliphatic rings. The predicted molar refractivity (Wildman–Crippen MR) is 88.3 cm³/mol. The topological polar surface area (TPSA) is 29.1 Å². The summed E-state index contributed by atoms with van der Waals surface area (Å²) in [5.41, 5.74) is 3.85. The summed E-state index contributed by atoms with van der Waals surface area (Å²) in [6.45, 7) is 6.03. The van der Waals surface area contributed by atoms with Crippen LogP contribution in [0.25, 0.3) is 0 Å². The Bertz CT molecular complexity index is 682. The van der Waals surface area contributed by atoms with E-state index < -0.39 is 0 Å². The third kappa shape index (κ3) is 3.78. The van der Waals surface area contributed by atoms with Crippen LogP contribution in [0, 0.1) is 13.8 Å². The minimum absolute atomic E-state index is 0.0934. The smallest absolute Gasteiger partial charge is 0.253 e. The van der Waals surface area contributed by atoms with Gasteiger partial charge in [0.15, 0.2) is 0 Å². The number of carbonyl (C=O) groups excluding carboxylic acids is 1. The maximum Gasteiger partial charge on any atom is 0.253 e. The van der Waals surface area contributed by atoms with Crippen LogP contribution >= 0.6 is 23.2 Å². The molecule has 21 heavy (non-hydrogen) atoms. The molecule has 2 aromatic rings. The molecular weight excluding hydrogens is 305 g/mol. The zero-order chi connectivity index (χ0) is 15.6. The molecule has 110 valence electrons. The SMILES string of the molecule is Cc1ccc(C)c([C@H](C)NC(=O)c2ccc(Cl)cc2Cl)c1. The van der Waals surface area contributed by atoms with E-state index in [2.05, 4.69) is 23.5 Å². The second-order valence-electron chi connectivity index (χ2n) is 5.18. The molecule has 1 N–H and O–H groups in total. The average Bonchev–Trinajstić information content (AvgIpc) is 2.41. The van der Waals surface area contributed by atoms with Gasteiger partial charge in [0.1, 0.15) is 0 Å². The molecule has 2 nitrogen and oxygen atoms in total. The summed E-state index contributed by atoms with van der Waals surface area (Å²) in [6.07, 6.45) is 0. The standard InChI is InChI=1S/C17H17Cl2NO/c1-10-4-5-11(2)15(8-10)12(3)20-17(21)14-7-6-13(18)9-16(14)19/h4-9,12H,1-3H3,(H,20,21)/t12-/m0/s1. The van der Waals surface area contributed by atoms with Crippen molar-refractivity contribution in [3.05, 3.63) is 68.7 Å². The maximum atomic E-state index is 12.3. The Balaban J connectivity index is 2.20. The van der Waals surface area contributed by atoms with Gasteiger partial charge in [-0.1, -0.05) is 47.0 Å². The molecule has 0 radical (unpaired) electrons. The highest BCUT2D eigenvalue weighted by Gasteiger charge is 2.15. The van der Waals surface area contributed by atoms with Crippen LogP contribution in [0.4, 0.5) is 0 Å². The quantitative estimate of drug-likeness (QED) is 0.837. The van der Waals surface area contributed by atoms with Gasteiger partial charge >= 0.3 is 0 Å². The Kier molecular flexibility index (Phi) is 4.92. The van der Waals surface area contributed by atoms with Gasteiger partial charge in [-0.25, -0.2) is 0 Å². The molecule has 0 saturated heterocycles. The second kappa shape index (κ2) is 6.50. The first kappa shape index (κ1) is 15.9. The van der Waals surface area contributed by atoms with E-state index in [1.807, 2.05) is 20.8 Å². The first-order chi connectivity index (χ1) is 9.88. The van der Waals surface area contributed by atoms with Crippen LogP contribution in [-0.4, -0.2) is 5.91 Å². The molecule has 0 heterocycles. The highest BCUT2D eigenvalue weighted by atomic mass is 35.5. The van der Waals surface area contributed by atoms with E-state index in [9.17, 15) is 4.79 Å². The van der Waals surface area contributed by atoms with Crippen molar-refractivity contribution < 1.29 is 4.79 Å². The van der Waals surface area contributed by atoms with E-state index in [4.69, 9.17) is 23.2 Å². The van der Waals surface area contributed by atoms with Gasteiger partial charge in [0.25, 0.3) is 5.91 Å². The summed E-state index contributed by atoms with van der Waals surface area (Å²) >= 11 is 11.9. The average molecular weight is 322 g/mol. The van der Waals surface area contributed by atoms with E-state index >= 15 is 0 Å². The number of rotatable bonds is 3. The first-order valence-corrected chi connectivity index (χ1v) is 7.47. The van der Waals surface area contributed by atoms with Crippen LogP contribution in [-0.2, 0) is 0 Å². The largest absolute Gasteiger partial charge is 0.345 e. The Labute approximate surface area is 135 Å². The number of halogens is 2. The molecule has 0 aliphatic carbocycles. The molecule has 0 bridgehead atoms. The monoisotopic (exact) mass is 321 g/mol. The van der Waals surface area contributed by atoms with Crippen LogP contribution in [0.15, 0.2) is 36.4 Å². The molecule has 2 rings (SSSR count). The summed E-state index contributed by atoms with van der Waals surface area (Å²) in [5.74, 6) is -0.204. The van der Waals surface area contributed by atoms with Crippen molar-refractivity contribution in [2.45, 2.75) is 26.8 Å². The molecule has 0 fully saturated rings. The van der Waals surface area contributed by atoms with E-state index in [1.165, 1.54) is 5.56 Å². The molecule has 2 aromatic carbocycles. The lowest BCUT2D eigenvalue weighted by Gasteiger charge is -2.18. The highest BCUT2D eigenvalue weighted by Crippen LogP contribution is 2.23. The number of hydrogen-bond donors (Lipinski definition) is 1. The molecule has 4 heteroatoms. The van der Waals surface area contributed by atoms with Crippen LogP contribution in [0.5, 0.6) is 0 Å². The molecule has 0 aliphatic heterocycles. The number of benzene rings is 2. The summed E-state index contributed by atoms with van der Waals surface area (Å²) in [6, 6.07) is 11.0. The van der Waals surface area contributed by atoms with Crippen LogP contribution in [0.1, 0.15) is 40.0 Å². The van der Waals surface area contributed by atoms with E-state index in [0.29, 0.717) is 15.6 Å². The fraction of sp³-hybridized carbons (Fsp3) is 0.235. The van der Waals surface area contributed by atoms with Gasteiger partial charge in [0.05, 0.1) is 16.6 Å². The number of aryl methyl sites for hydroxylation is 2. The third-order valence-electron chi connectivity index (χ3n) is 3.42. The van der Waals surface area contributed by atoms with Crippen LogP contribution in [0.2, 0.25) is 10.0 Å². The minimum atomic E-state index is -0.204. The Morgan fingerprint density at radius 1 is 1.10 bits per heavy atom. The molecule has 0 saturated carbocycles. The molecule has 1 atom stereocenters. The van der Waals surface area contributed by atoms with Gasteiger partial charge < -0.3 is 5.32 Å². The lowest BCUT2D eigenvalue weighted by Crippen LogP contribution is -2.27. The maximum absolute atomic E-state index is 12.3. The van der Waals surface area contributed by atoms with Crippen molar-refractivity contribution in [3.8, 4) is 0 Å². The molecule has 1 amide bonds. The summed E-state index contributed by atoms with van der Waals surface area (Å²) in [5, 5.41) is 3.84. The molecule has 0 spiro atoms. The van der Waals surface area contributed by atoms with E-state index in [0.717, 1.165) is 11.1 Å². The fourth-order valence-electron chi connectivity index (χ4n) is 2.25. The second-order valence-corrected chi connectivity index (χ2v) is 6.02. The highest BCUT2D eigenvalue weighted by molar-refractivity contribution is 6.36. The molecular formula is C17H17Cl2NO. The Morgan fingerprint density at radius 3 is 2.48 bits per heavy atom. The van der Waals surface area contributed by atoms with Gasteiger partial charge in [-0.3, -0.25) is 4.79 Å². The lowest BCUT2D eigenvalue weighted by molar-refractivity contribution is 0.0940. The summed E-state index contributed by atoms with van der Waals surface area (Å²) < 4.78 is 0. The fourth-order valence-corrected chi connectivity index (χ4v) is 2.75. The zero-order valence-electron chi connectivity index (χ0n) is 12.2. The van der Waals surface area contributed by atoms with Crippen molar-refractivity contribution in [2.24, 2.45) is 0 Å². The minimum Gasteiger partial charge on any atom is -0.345 e. The van der Waals surface area contributed by atoms with E-state index in [-0.39, 0.29) is 11.9 Å². The summed E-state index contributed by atoms with van der Waals surface area (Å²) in [7, 11) is 0. The van der Waals surface area contributed by atoms with Crippen LogP contribution < -0.4 is 5.32 Å². The van der Waals surface area contributed by atoms with Gasteiger partial charge in [-0.2, -0.15) is 0 Å². The summed E-state index contributed by atoms with van der Waals surface area (Å²) in [4.78, 5) is 12.3. The van der Waals surface area contributed by atoms with Crippen molar-refractivity contribution in [1.29, 1.82) is 0 Å². The van der Waals surface area contributed by atoms with Crippen molar-refractivity contribution in [2.75, 3.05) is 0 Å². The van der Waals surface area contributed by atoms with Gasteiger partial charge in [0, 0.05) is 5.02 Å². The van der Waals surface area contributed by atoms with Crippen molar-refractivity contribution >= 4 is 29.1 Å². The van der Waals surface area contributed by atoms with Crippen molar-refractivity contribution in [3.63, 3.8) is 0 Å². The predicted octanol–water partition coefficient (Wildman–Crippen LogP) is 5.10. The van der Waals surface area contributed by atoms with Gasteiger partial charge in [-0.05, 0) is 50.1 Å². The zero-order valence-corrected chi connectivity index (χ0v) is 13.7. The number of amides is 1. The van der Waals surface area contributed by atoms with Crippen molar-refractivity contribution in [1.82, 2.24) is 5.32 Å². The normalized spacial score (nSPS) is 12.0. The lowest BCUT2D eigenvalue weighted by atomic mass is 10.00. The molecule has 0 aromatic heterocycles. The number of hydrogen-bond acceptors (Lipinski definition) is 1. The molecule has 0 unspecified atom stereocenters. The van der Waals surface area contributed by atoms with Gasteiger partial charge in [-0.15, -0.1) is 0 Å². The van der Waals surface area contributed by atoms with E-state index in [1.54, 1.807) is 18.2 Å². The van der Waals surface area contributed by atoms with Gasteiger partial charge in [0.2, 0.25) is 0 Å².